The van der Waals surface area contributed by atoms with Crippen molar-refractivity contribution in [1.82, 2.24) is 5.32 Å². The van der Waals surface area contributed by atoms with Crippen molar-refractivity contribution in [3.8, 4) is 6.07 Å². The van der Waals surface area contributed by atoms with Crippen LogP contribution in [0.3, 0.4) is 0 Å². The third-order valence-electron chi connectivity index (χ3n) is 3.46. The molecule has 1 aromatic carbocycles. The number of carbonyl (C=O) groups is 1. The molecule has 6 heteroatoms. The first kappa shape index (κ1) is 16.4. The van der Waals surface area contributed by atoms with E-state index in [-0.39, 0.29) is 5.91 Å². The van der Waals surface area contributed by atoms with Gasteiger partial charge in [-0.25, -0.2) is 0 Å². The molecule has 1 amide bonds. The molecule has 4 nitrogen and oxygen atoms in total. The van der Waals surface area contributed by atoms with Crippen LogP contribution in [-0.2, 0) is 6.54 Å². The standard InChI is InChI=1S/C18H14N2O2S2/c19-10-12-3-5-13(6-4-12)18(22)20-11-14-7-8-16(24-14)17(21)15-2-1-9-23-15/h1-9,17,21H,11H2,(H,20,22). The molecule has 1 atom stereocenters. The lowest BCUT2D eigenvalue weighted by Crippen LogP contribution is -2.22. The Morgan fingerprint density at radius 2 is 1.96 bits per heavy atom. The van der Waals surface area contributed by atoms with Gasteiger partial charge >= 0.3 is 0 Å². The van der Waals surface area contributed by atoms with Crippen LogP contribution >= 0.6 is 22.7 Å². The van der Waals surface area contributed by atoms with Gasteiger partial charge in [0.15, 0.2) is 0 Å². The minimum Gasteiger partial charge on any atom is -0.382 e. The number of thiophene rings is 2. The van der Waals surface area contributed by atoms with E-state index in [1.165, 1.54) is 22.7 Å². The van der Waals surface area contributed by atoms with Crippen LogP contribution in [0, 0.1) is 11.3 Å². The maximum absolute atomic E-state index is 12.1. The molecule has 0 spiro atoms. The number of nitrogens with zero attached hydrogens (tertiary/aromatic N) is 1. The molecule has 0 bridgehead atoms. The number of rotatable bonds is 5. The molecule has 3 rings (SSSR count). The first-order valence-electron chi connectivity index (χ1n) is 7.26. The molecule has 0 fully saturated rings. The molecule has 1 unspecified atom stereocenters. The summed E-state index contributed by atoms with van der Waals surface area (Å²) >= 11 is 3.00. The lowest BCUT2D eigenvalue weighted by molar-refractivity contribution is 0.0951. The second-order valence-corrected chi connectivity index (χ2v) is 7.27. The number of aliphatic hydroxyl groups excluding tert-OH is 1. The van der Waals surface area contributed by atoms with Gasteiger partial charge in [-0.1, -0.05) is 6.07 Å². The van der Waals surface area contributed by atoms with Gasteiger partial charge in [0, 0.05) is 20.2 Å². The van der Waals surface area contributed by atoms with Gasteiger partial charge in [0.1, 0.15) is 6.10 Å². The summed E-state index contributed by atoms with van der Waals surface area (Å²) in [6, 6.07) is 16.1. The summed E-state index contributed by atoms with van der Waals surface area (Å²) < 4.78 is 0. The molecule has 2 heterocycles. The lowest BCUT2D eigenvalue weighted by Gasteiger charge is -2.05. The van der Waals surface area contributed by atoms with Gasteiger partial charge in [-0.05, 0) is 47.8 Å². The van der Waals surface area contributed by atoms with Crippen LogP contribution in [0.2, 0.25) is 0 Å². The van der Waals surface area contributed by atoms with E-state index in [9.17, 15) is 9.90 Å². The Hall–Kier alpha value is -2.46. The van der Waals surface area contributed by atoms with Gasteiger partial charge in [0.25, 0.3) is 5.91 Å². The van der Waals surface area contributed by atoms with E-state index in [1.807, 2.05) is 35.7 Å². The summed E-state index contributed by atoms with van der Waals surface area (Å²) in [5.74, 6) is -0.187. The first-order chi connectivity index (χ1) is 11.7. The SMILES string of the molecule is N#Cc1ccc(C(=O)NCc2ccc(C(O)c3cccs3)s2)cc1. The number of nitriles is 1. The maximum atomic E-state index is 12.1. The highest BCUT2D eigenvalue weighted by atomic mass is 32.1. The van der Waals surface area contributed by atoms with Gasteiger partial charge in [-0.2, -0.15) is 5.26 Å². The number of amides is 1. The van der Waals surface area contributed by atoms with Crippen molar-refractivity contribution in [2.75, 3.05) is 0 Å². The Kier molecular flexibility index (Phi) is 5.06. The average molecular weight is 354 g/mol. The molecular weight excluding hydrogens is 340 g/mol. The summed E-state index contributed by atoms with van der Waals surface area (Å²) in [6.07, 6.45) is -0.613. The van der Waals surface area contributed by atoms with Crippen molar-refractivity contribution in [3.63, 3.8) is 0 Å². The van der Waals surface area contributed by atoms with E-state index in [2.05, 4.69) is 5.32 Å². The molecule has 0 aliphatic heterocycles. The number of aliphatic hydroxyl groups is 1. The van der Waals surface area contributed by atoms with Crippen LogP contribution in [0.25, 0.3) is 0 Å². The van der Waals surface area contributed by atoms with Gasteiger partial charge in [-0.15, -0.1) is 22.7 Å². The summed E-state index contributed by atoms with van der Waals surface area (Å²) in [4.78, 5) is 14.9. The highest BCUT2D eigenvalue weighted by molar-refractivity contribution is 7.12. The van der Waals surface area contributed by atoms with Crippen molar-refractivity contribution in [3.05, 3.63) is 79.7 Å². The third kappa shape index (κ3) is 3.71. The average Bonchev–Trinajstić information content (AvgIpc) is 3.31. The Bertz CT molecular complexity index is 861. The van der Waals surface area contributed by atoms with Crippen LogP contribution < -0.4 is 5.32 Å². The topological polar surface area (TPSA) is 73.1 Å². The molecule has 0 saturated heterocycles. The van der Waals surface area contributed by atoms with Crippen LogP contribution in [0.4, 0.5) is 0 Å². The van der Waals surface area contributed by atoms with E-state index in [1.54, 1.807) is 24.3 Å². The molecule has 2 N–H and O–H groups in total. The smallest absolute Gasteiger partial charge is 0.251 e. The number of carbonyl (C=O) groups excluding carboxylic acids is 1. The summed E-state index contributed by atoms with van der Waals surface area (Å²) in [7, 11) is 0. The van der Waals surface area contributed by atoms with E-state index in [0.717, 1.165) is 14.6 Å². The number of nitrogens with one attached hydrogen (secondary N) is 1. The van der Waals surface area contributed by atoms with Crippen LogP contribution in [0.5, 0.6) is 0 Å². The number of hydrogen-bond acceptors (Lipinski definition) is 5. The summed E-state index contributed by atoms with van der Waals surface area (Å²) in [6.45, 7) is 0.403. The fourth-order valence-electron chi connectivity index (χ4n) is 2.19. The highest BCUT2D eigenvalue weighted by Crippen LogP contribution is 2.30. The fraction of sp³-hybridized carbons (Fsp3) is 0.111. The molecule has 0 aliphatic carbocycles. The minimum atomic E-state index is -0.613. The van der Waals surface area contributed by atoms with E-state index >= 15 is 0 Å². The minimum absolute atomic E-state index is 0.187. The van der Waals surface area contributed by atoms with Crippen molar-refractivity contribution in [2.45, 2.75) is 12.6 Å². The zero-order valence-electron chi connectivity index (χ0n) is 12.6. The predicted molar refractivity (Wildman–Crippen MR) is 95.0 cm³/mol. The summed E-state index contributed by atoms with van der Waals surface area (Å²) in [5.41, 5.74) is 1.04. The monoisotopic (exact) mass is 354 g/mol. The van der Waals surface area contributed by atoms with Gasteiger partial charge < -0.3 is 10.4 Å². The van der Waals surface area contributed by atoms with Crippen LogP contribution in [-0.4, -0.2) is 11.0 Å². The van der Waals surface area contributed by atoms with Crippen molar-refractivity contribution < 1.29 is 9.90 Å². The van der Waals surface area contributed by atoms with Crippen molar-refractivity contribution in [2.24, 2.45) is 0 Å². The molecule has 24 heavy (non-hydrogen) atoms. The molecule has 3 aromatic rings. The number of hydrogen-bond donors (Lipinski definition) is 2. The molecule has 2 aromatic heterocycles. The molecule has 120 valence electrons. The Morgan fingerprint density at radius 1 is 1.17 bits per heavy atom. The van der Waals surface area contributed by atoms with Crippen molar-refractivity contribution in [1.29, 1.82) is 5.26 Å². The van der Waals surface area contributed by atoms with E-state index in [0.29, 0.717) is 17.7 Å². The Labute approximate surface area is 147 Å². The van der Waals surface area contributed by atoms with E-state index in [4.69, 9.17) is 5.26 Å². The fourth-order valence-corrected chi connectivity index (χ4v) is 3.95. The molecule has 0 saturated carbocycles. The van der Waals surface area contributed by atoms with Gasteiger partial charge in [0.2, 0.25) is 0 Å². The second-order valence-electron chi connectivity index (χ2n) is 5.09. The normalized spacial score (nSPS) is 11.7. The third-order valence-corrected chi connectivity index (χ3v) is 5.53. The summed E-state index contributed by atoms with van der Waals surface area (Å²) in [5, 5.41) is 23.9. The van der Waals surface area contributed by atoms with Crippen LogP contribution in [0.15, 0.2) is 53.9 Å². The van der Waals surface area contributed by atoms with Crippen molar-refractivity contribution >= 4 is 28.6 Å². The largest absolute Gasteiger partial charge is 0.382 e. The lowest BCUT2D eigenvalue weighted by atomic mass is 10.1. The number of benzene rings is 1. The second kappa shape index (κ2) is 7.41. The first-order valence-corrected chi connectivity index (χ1v) is 8.95. The highest BCUT2D eigenvalue weighted by Gasteiger charge is 2.14. The zero-order chi connectivity index (χ0) is 16.9. The molecular formula is C18H14N2O2S2. The van der Waals surface area contributed by atoms with Gasteiger partial charge in [-0.3, -0.25) is 4.79 Å². The van der Waals surface area contributed by atoms with Crippen LogP contribution in [0.1, 0.15) is 36.7 Å². The molecule has 0 radical (unpaired) electrons. The van der Waals surface area contributed by atoms with E-state index < -0.39 is 6.10 Å². The van der Waals surface area contributed by atoms with Gasteiger partial charge in [0.05, 0.1) is 18.2 Å². The zero-order valence-corrected chi connectivity index (χ0v) is 14.2. The molecule has 0 aliphatic rings. The Balaban J connectivity index is 1.60. The maximum Gasteiger partial charge on any atom is 0.251 e. The Morgan fingerprint density at radius 3 is 2.62 bits per heavy atom. The quantitative estimate of drug-likeness (QED) is 0.734. The predicted octanol–water partition coefficient (Wildman–Crippen LogP) is 3.69.